The highest BCUT2D eigenvalue weighted by Crippen LogP contribution is 2.31. The highest BCUT2D eigenvalue weighted by Gasteiger charge is 2.24. The van der Waals surface area contributed by atoms with Gasteiger partial charge >= 0.3 is 5.97 Å². The van der Waals surface area contributed by atoms with Gasteiger partial charge in [0.25, 0.3) is 11.5 Å². The Kier molecular flexibility index (Phi) is 6.31. The third kappa shape index (κ3) is 4.27. The van der Waals surface area contributed by atoms with Gasteiger partial charge < -0.3 is 10.1 Å². The van der Waals surface area contributed by atoms with Gasteiger partial charge in [0.1, 0.15) is 5.00 Å². The number of nitrogens with one attached hydrogen (secondary N) is 1. The molecule has 2 heterocycles. The number of rotatable bonds is 5. The van der Waals surface area contributed by atoms with Gasteiger partial charge in [-0.2, -0.15) is 9.78 Å². The molecule has 0 fully saturated rings. The van der Waals surface area contributed by atoms with E-state index in [0.29, 0.717) is 16.1 Å². The van der Waals surface area contributed by atoms with Crippen LogP contribution < -0.4 is 10.9 Å². The van der Waals surface area contributed by atoms with E-state index in [2.05, 4.69) is 10.4 Å². The Bertz CT molecular complexity index is 1460. The molecule has 0 aliphatic carbocycles. The lowest BCUT2D eigenvalue weighted by Gasteiger charge is -2.11. The number of fused-ring (bicyclic) bond motifs is 1. The zero-order chi connectivity index (χ0) is 23.7. The fraction of sp³-hybridized carbons (Fsp3) is 0.167. The summed E-state index contributed by atoms with van der Waals surface area (Å²) in [7, 11) is 0. The normalized spacial score (nSPS) is 10.9. The van der Waals surface area contributed by atoms with Crippen LogP contribution in [0.25, 0.3) is 16.5 Å². The molecule has 0 saturated carbocycles. The molecule has 0 radical (unpaired) electrons. The molecule has 0 aliphatic rings. The Balaban J connectivity index is 1.91. The molecule has 1 N–H and O–H groups in total. The zero-order valence-electron chi connectivity index (χ0n) is 18.1. The van der Waals surface area contributed by atoms with E-state index >= 15 is 0 Å². The number of anilines is 1. The number of hydrogen-bond donors (Lipinski definition) is 1. The van der Waals surface area contributed by atoms with E-state index < -0.39 is 17.4 Å². The van der Waals surface area contributed by atoms with Crippen molar-refractivity contribution in [2.45, 2.75) is 20.8 Å². The smallest absolute Gasteiger partial charge is 0.359 e. The molecule has 0 bridgehead atoms. The van der Waals surface area contributed by atoms with Crippen LogP contribution >= 0.6 is 22.9 Å². The molecule has 7 nitrogen and oxygen atoms in total. The molecule has 9 heteroatoms. The van der Waals surface area contributed by atoms with Gasteiger partial charge in [-0.15, -0.1) is 11.3 Å². The van der Waals surface area contributed by atoms with Crippen molar-refractivity contribution in [2.75, 3.05) is 11.9 Å². The molecule has 2 aromatic heterocycles. The summed E-state index contributed by atoms with van der Waals surface area (Å²) in [6.07, 6.45) is 0. The topological polar surface area (TPSA) is 90.3 Å². The minimum Gasteiger partial charge on any atom is -0.461 e. The maximum Gasteiger partial charge on any atom is 0.359 e. The zero-order valence-corrected chi connectivity index (χ0v) is 19.7. The average molecular weight is 482 g/mol. The van der Waals surface area contributed by atoms with Crippen molar-refractivity contribution in [3.63, 3.8) is 0 Å². The van der Waals surface area contributed by atoms with Crippen LogP contribution in [0.4, 0.5) is 5.00 Å². The van der Waals surface area contributed by atoms with Gasteiger partial charge in [-0.05, 0) is 56.2 Å². The van der Waals surface area contributed by atoms with Crippen LogP contribution in [0.2, 0.25) is 5.02 Å². The van der Waals surface area contributed by atoms with Gasteiger partial charge in [-0.1, -0.05) is 29.8 Å². The highest BCUT2D eigenvalue weighted by atomic mass is 35.5. The van der Waals surface area contributed by atoms with Gasteiger partial charge in [0.2, 0.25) is 0 Å². The Morgan fingerprint density at radius 3 is 2.61 bits per heavy atom. The number of amides is 1. The number of carbonyl (C=O) groups is 2. The second kappa shape index (κ2) is 9.17. The van der Waals surface area contributed by atoms with E-state index in [1.165, 1.54) is 4.68 Å². The second-order valence-electron chi connectivity index (χ2n) is 7.34. The van der Waals surface area contributed by atoms with Crippen molar-refractivity contribution in [3.8, 4) is 5.69 Å². The summed E-state index contributed by atoms with van der Waals surface area (Å²) in [5.74, 6) is -1.11. The Hall–Kier alpha value is -3.49. The number of hydrogen-bond acceptors (Lipinski definition) is 6. The number of halogens is 1. The summed E-state index contributed by atoms with van der Waals surface area (Å²) < 4.78 is 6.33. The van der Waals surface area contributed by atoms with Crippen LogP contribution in [-0.4, -0.2) is 28.3 Å². The average Bonchev–Trinajstić information content (AvgIpc) is 3.20. The predicted molar refractivity (Wildman–Crippen MR) is 130 cm³/mol. The Morgan fingerprint density at radius 1 is 1.15 bits per heavy atom. The number of aromatic nitrogens is 2. The number of nitrogens with zero attached hydrogens (tertiary/aromatic N) is 2. The highest BCUT2D eigenvalue weighted by molar-refractivity contribution is 7.16. The first-order valence-electron chi connectivity index (χ1n) is 10.2. The van der Waals surface area contributed by atoms with E-state index in [1.807, 2.05) is 26.0 Å². The number of esters is 1. The minimum absolute atomic E-state index is 0.000768. The molecule has 4 rings (SSSR count). The summed E-state index contributed by atoms with van der Waals surface area (Å²) in [5, 5.41) is 9.78. The number of thiophene rings is 1. The first-order chi connectivity index (χ1) is 15.8. The van der Waals surface area contributed by atoms with E-state index in [-0.39, 0.29) is 28.3 Å². The fourth-order valence-corrected chi connectivity index (χ4v) is 4.49. The molecule has 0 spiro atoms. The Morgan fingerprint density at radius 2 is 1.91 bits per heavy atom. The van der Waals surface area contributed by atoms with E-state index in [0.717, 1.165) is 22.5 Å². The lowest BCUT2D eigenvalue weighted by molar-refractivity contribution is 0.0520. The standard InChI is InChI=1S/C24H20ClN3O4S/c1-4-32-24(31)20-17-12-33-22(26-21(29)16-7-5-6-8-18(16)25)19(17)23(30)28(27-20)15-10-9-13(2)14(3)11-15/h5-12H,4H2,1-3H3,(H,26,29). The van der Waals surface area contributed by atoms with Gasteiger partial charge in [0, 0.05) is 10.8 Å². The summed E-state index contributed by atoms with van der Waals surface area (Å²) >= 11 is 7.28. The van der Waals surface area contributed by atoms with E-state index in [9.17, 15) is 14.4 Å². The van der Waals surface area contributed by atoms with Crippen LogP contribution in [0.15, 0.2) is 52.6 Å². The molecule has 33 heavy (non-hydrogen) atoms. The van der Waals surface area contributed by atoms with Gasteiger partial charge in [-0.25, -0.2) is 4.79 Å². The summed E-state index contributed by atoms with van der Waals surface area (Å²) in [5.41, 5.74) is 2.34. The number of aryl methyl sites for hydroxylation is 2. The van der Waals surface area contributed by atoms with Gasteiger partial charge in [-0.3, -0.25) is 9.59 Å². The first kappa shape index (κ1) is 22.7. The largest absolute Gasteiger partial charge is 0.461 e. The molecule has 0 unspecified atom stereocenters. The summed E-state index contributed by atoms with van der Waals surface area (Å²) in [6.45, 7) is 5.74. The summed E-state index contributed by atoms with van der Waals surface area (Å²) in [6, 6.07) is 12.1. The third-order valence-electron chi connectivity index (χ3n) is 5.20. The van der Waals surface area contributed by atoms with Crippen molar-refractivity contribution < 1.29 is 14.3 Å². The SMILES string of the molecule is CCOC(=O)c1nn(-c2ccc(C)c(C)c2)c(=O)c2c(NC(=O)c3ccccc3Cl)scc12. The minimum atomic E-state index is -0.651. The molecule has 0 atom stereocenters. The molecule has 1 amide bonds. The van der Waals surface area contributed by atoms with Crippen LogP contribution in [0.1, 0.15) is 38.9 Å². The van der Waals surface area contributed by atoms with Crippen molar-refractivity contribution in [2.24, 2.45) is 0 Å². The molecule has 4 aromatic rings. The van der Waals surface area contributed by atoms with Gasteiger partial charge in [0.15, 0.2) is 5.69 Å². The molecular formula is C24H20ClN3O4S. The molecule has 0 aliphatic heterocycles. The monoisotopic (exact) mass is 481 g/mol. The van der Waals surface area contributed by atoms with Crippen molar-refractivity contribution in [3.05, 3.63) is 85.6 Å². The molecule has 2 aromatic carbocycles. The summed E-state index contributed by atoms with van der Waals surface area (Å²) in [4.78, 5) is 39.0. The lowest BCUT2D eigenvalue weighted by Crippen LogP contribution is -2.25. The van der Waals surface area contributed by atoms with Crippen molar-refractivity contribution in [1.29, 1.82) is 0 Å². The van der Waals surface area contributed by atoms with E-state index in [1.54, 1.807) is 42.6 Å². The molecule has 168 valence electrons. The quantitative estimate of drug-likeness (QED) is 0.398. The van der Waals surface area contributed by atoms with E-state index in [4.69, 9.17) is 16.3 Å². The lowest BCUT2D eigenvalue weighted by atomic mass is 10.1. The first-order valence-corrected chi connectivity index (χ1v) is 11.4. The molecular weight excluding hydrogens is 462 g/mol. The van der Waals surface area contributed by atoms with Crippen molar-refractivity contribution in [1.82, 2.24) is 9.78 Å². The fourth-order valence-electron chi connectivity index (χ4n) is 3.34. The van der Waals surface area contributed by atoms with Gasteiger partial charge in [0.05, 0.1) is 28.3 Å². The van der Waals surface area contributed by atoms with Crippen LogP contribution in [0, 0.1) is 13.8 Å². The Labute approximate surface area is 198 Å². The maximum absolute atomic E-state index is 13.5. The van der Waals surface area contributed by atoms with Crippen molar-refractivity contribution >= 4 is 50.6 Å². The predicted octanol–water partition coefficient (Wildman–Crippen LogP) is 5.15. The number of ether oxygens (including phenoxy) is 1. The third-order valence-corrected chi connectivity index (χ3v) is 6.43. The maximum atomic E-state index is 13.5. The van der Waals surface area contributed by atoms with Crippen LogP contribution in [0.5, 0.6) is 0 Å². The van der Waals surface area contributed by atoms with Crippen LogP contribution in [0.3, 0.4) is 0 Å². The number of benzene rings is 2. The number of carbonyl (C=O) groups excluding carboxylic acids is 2. The molecule has 0 saturated heterocycles. The second-order valence-corrected chi connectivity index (χ2v) is 8.63. The van der Waals surface area contributed by atoms with Crippen LogP contribution in [-0.2, 0) is 4.74 Å².